The number of fused-ring (bicyclic) bond motifs is 1. The molecule has 3 rings (SSSR count). The van der Waals surface area contributed by atoms with Crippen molar-refractivity contribution in [3.05, 3.63) is 41.7 Å². The Morgan fingerprint density at radius 2 is 1.85 bits per heavy atom. The number of furan rings is 1. The lowest BCUT2D eigenvalue weighted by molar-refractivity contribution is 0.0916. The summed E-state index contributed by atoms with van der Waals surface area (Å²) < 4.78 is 43.3. The molecule has 0 aliphatic carbocycles. The van der Waals surface area contributed by atoms with Gasteiger partial charge in [-0.1, -0.05) is 12.1 Å². The van der Waals surface area contributed by atoms with E-state index in [0.717, 1.165) is 5.56 Å². The van der Waals surface area contributed by atoms with Gasteiger partial charge >= 0.3 is 0 Å². The van der Waals surface area contributed by atoms with Gasteiger partial charge in [-0.05, 0) is 39.0 Å². The van der Waals surface area contributed by atoms with Crippen molar-refractivity contribution in [3.63, 3.8) is 0 Å². The van der Waals surface area contributed by atoms with Crippen LogP contribution in [0, 0.1) is 0 Å². The van der Waals surface area contributed by atoms with E-state index in [1.165, 1.54) is 12.1 Å². The fourth-order valence-corrected chi connectivity index (χ4v) is 3.93. The third-order valence-corrected chi connectivity index (χ3v) is 5.23. The lowest BCUT2D eigenvalue weighted by Crippen LogP contribution is -2.40. The van der Waals surface area contributed by atoms with Crippen LogP contribution in [0.1, 0.15) is 36.9 Å². The van der Waals surface area contributed by atoms with Crippen LogP contribution in [0.3, 0.4) is 0 Å². The molecule has 0 saturated heterocycles. The average Bonchev–Trinajstić information content (AvgIpc) is 3.09. The predicted molar refractivity (Wildman–Crippen MR) is 97.4 cm³/mol. The zero-order valence-corrected chi connectivity index (χ0v) is 16.2. The van der Waals surface area contributed by atoms with Gasteiger partial charge in [0, 0.05) is 17.6 Å². The topological polar surface area (TPSA) is 107 Å². The van der Waals surface area contributed by atoms with Crippen LogP contribution in [0.5, 0.6) is 11.5 Å². The van der Waals surface area contributed by atoms with Crippen molar-refractivity contribution in [1.82, 2.24) is 10.0 Å². The largest absolute Gasteiger partial charge is 0.486 e. The summed E-state index contributed by atoms with van der Waals surface area (Å²) in [5, 5.41) is 2.39. The van der Waals surface area contributed by atoms with Gasteiger partial charge in [-0.2, -0.15) is 0 Å². The lowest BCUT2D eigenvalue weighted by Gasteiger charge is -2.21. The molecule has 0 spiro atoms. The second-order valence-corrected chi connectivity index (χ2v) is 8.71. The minimum atomic E-state index is -3.84. The van der Waals surface area contributed by atoms with Crippen molar-refractivity contribution in [2.24, 2.45) is 0 Å². The fraction of sp³-hybridized carbons (Fsp3) is 0.389. The lowest BCUT2D eigenvalue weighted by atomic mass is 10.1. The summed E-state index contributed by atoms with van der Waals surface area (Å²) in [6.45, 7) is 6.26. The van der Waals surface area contributed by atoms with E-state index in [-0.39, 0.29) is 17.4 Å². The van der Waals surface area contributed by atoms with Crippen LogP contribution >= 0.6 is 0 Å². The van der Waals surface area contributed by atoms with Crippen molar-refractivity contribution in [2.75, 3.05) is 13.2 Å². The first-order chi connectivity index (χ1) is 12.7. The van der Waals surface area contributed by atoms with Gasteiger partial charge in [-0.15, -0.1) is 0 Å². The van der Waals surface area contributed by atoms with E-state index >= 15 is 0 Å². The molecule has 0 radical (unpaired) electrons. The van der Waals surface area contributed by atoms with Gasteiger partial charge in [0.2, 0.25) is 5.09 Å². The second kappa shape index (κ2) is 7.24. The van der Waals surface area contributed by atoms with Crippen molar-refractivity contribution in [3.8, 4) is 11.5 Å². The predicted octanol–water partition coefficient (Wildman–Crippen LogP) is 2.06. The maximum absolute atomic E-state index is 12.3. The minimum absolute atomic E-state index is 0.0914. The van der Waals surface area contributed by atoms with Gasteiger partial charge in [0.15, 0.2) is 17.3 Å². The van der Waals surface area contributed by atoms with Crippen molar-refractivity contribution in [2.45, 2.75) is 37.9 Å². The van der Waals surface area contributed by atoms with E-state index in [0.29, 0.717) is 24.7 Å². The minimum Gasteiger partial charge on any atom is -0.486 e. The number of carbonyl (C=O) groups excluding carboxylic acids is 1. The Kier molecular flexibility index (Phi) is 5.16. The molecule has 1 aliphatic rings. The Labute approximate surface area is 157 Å². The summed E-state index contributed by atoms with van der Waals surface area (Å²) in [6.07, 6.45) is 0. The Morgan fingerprint density at radius 3 is 2.59 bits per heavy atom. The third-order valence-electron chi connectivity index (χ3n) is 3.60. The molecule has 0 fully saturated rings. The van der Waals surface area contributed by atoms with Crippen LogP contribution in [0.15, 0.2) is 39.8 Å². The van der Waals surface area contributed by atoms with Crippen LogP contribution in [-0.4, -0.2) is 33.1 Å². The first-order valence-electron chi connectivity index (χ1n) is 8.45. The van der Waals surface area contributed by atoms with E-state index in [1.807, 2.05) is 12.1 Å². The van der Waals surface area contributed by atoms with Gasteiger partial charge in [-0.25, -0.2) is 13.1 Å². The highest BCUT2D eigenvalue weighted by Gasteiger charge is 2.26. The molecule has 0 saturated carbocycles. The molecule has 9 heteroatoms. The first kappa shape index (κ1) is 19.2. The Morgan fingerprint density at radius 1 is 1.11 bits per heavy atom. The first-order valence-corrected chi connectivity index (χ1v) is 9.93. The molecule has 2 heterocycles. The number of hydrogen-bond acceptors (Lipinski definition) is 6. The molecule has 0 bridgehead atoms. The number of nitrogens with one attached hydrogen (secondary N) is 2. The van der Waals surface area contributed by atoms with Crippen LogP contribution in [0.4, 0.5) is 0 Å². The highest BCUT2D eigenvalue weighted by Crippen LogP contribution is 2.33. The number of carbonyl (C=O) groups is 1. The van der Waals surface area contributed by atoms with E-state index in [2.05, 4.69) is 10.0 Å². The maximum Gasteiger partial charge on any atom is 0.287 e. The molecule has 2 aromatic rings. The van der Waals surface area contributed by atoms with Gasteiger partial charge < -0.3 is 19.2 Å². The number of sulfonamides is 1. The SMILES string of the molecule is CC(C)(C)NS(=O)(=O)c1ccc(C(=O)NCc2cccc3c2OCCO3)o1. The number of rotatable bonds is 5. The van der Waals surface area contributed by atoms with E-state index in [9.17, 15) is 13.2 Å². The van der Waals surface area contributed by atoms with E-state index < -0.39 is 21.5 Å². The van der Waals surface area contributed by atoms with Crippen molar-refractivity contribution >= 4 is 15.9 Å². The molecular formula is C18H22N2O6S. The zero-order valence-electron chi connectivity index (χ0n) is 15.4. The summed E-state index contributed by atoms with van der Waals surface area (Å²) in [4.78, 5) is 12.3. The monoisotopic (exact) mass is 394 g/mol. The Hall–Kier alpha value is -2.52. The van der Waals surface area contributed by atoms with Crippen LogP contribution in [0.25, 0.3) is 0 Å². The number of benzene rings is 1. The maximum atomic E-state index is 12.3. The molecule has 1 amide bonds. The second-order valence-electron chi connectivity index (χ2n) is 7.10. The fourth-order valence-electron chi connectivity index (χ4n) is 2.58. The molecule has 8 nitrogen and oxygen atoms in total. The summed E-state index contributed by atoms with van der Waals surface area (Å²) in [6, 6.07) is 8.01. The number of hydrogen-bond donors (Lipinski definition) is 2. The van der Waals surface area contributed by atoms with Crippen LogP contribution in [0.2, 0.25) is 0 Å². The number of para-hydroxylation sites is 1. The Bertz CT molecular complexity index is 943. The average molecular weight is 394 g/mol. The molecule has 1 aromatic carbocycles. The number of amides is 1. The molecule has 146 valence electrons. The molecule has 0 atom stereocenters. The molecular weight excluding hydrogens is 372 g/mol. The zero-order chi connectivity index (χ0) is 19.7. The van der Waals surface area contributed by atoms with Gasteiger partial charge in [0.1, 0.15) is 13.2 Å². The highest BCUT2D eigenvalue weighted by atomic mass is 32.2. The van der Waals surface area contributed by atoms with E-state index in [1.54, 1.807) is 26.8 Å². The van der Waals surface area contributed by atoms with Gasteiger partial charge in [0.05, 0.1) is 0 Å². The van der Waals surface area contributed by atoms with Crippen LogP contribution < -0.4 is 19.5 Å². The number of ether oxygens (including phenoxy) is 2. The van der Waals surface area contributed by atoms with Gasteiger partial charge in [-0.3, -0.25) is 4.79 Å². The molecule has 1 aromatic heterocycles. The Balaban J connectivity index is 1.69. The quantitative estimate of drug-likeness (QED) is 0.804. The smallest absolute Gasteiger partial charge is 0.287 e. The molecule has 0 unspecified atom stereocenters. The standard InChI is InChI=1S/C18H22N2O6S/c1-18(2,3)20-27(22,23)15-8-7-14(26-15)17(21)19-11-12-5-4-6-13-16(12)25-10-9-24-13/h4-8,20H,9-11H2,1-3H3,(H,19,21). The van der Waals surface area contributed by atoms with Gasteiger partial charge in [0.25, 0.3) is 15.9 Å². The highest BCUT2D eigenvalue weighted by molar-refractivity contribution is 7.89. The summed E-state index contributed by atoms with van der Waals surface area (Å²) in [5.41, 5.74) is 0.0945. The molecule has 2 N–H and O–H groups in total. The summed E-state index contributed by atoms with van der Waals surface area (Å²) >= 11 is 0. The summed E-state index contributed by atoms with van der Waals surface area (Å²) in [7, 11) is -3.84. The van der Waals surface area contributed by atoms with Crippen molar-refractivity contribution in [1.29, 1.82) is 0 Å². The normalized spacial score (nSPS) is 14.0. The van der Waals surface area contributed by atoms with Crippen LogP contribution in [-0.2, 0) is 16.6 Å². The third kappa shape index (κ3) is 4.61. The molecule has 1 aliphatic heterocycles. The summed E-state index contributed by atoms with van der Waals surface area (Å²) in [5.74, 6) is 0.613. The molecule has 27 heavy (non-hydrogen) atoms. The van der Waals surface area contributed by atoms with E-state index in [4.69, 9.17) is 13.9 Å². The van der Waals surface area contributed by atoms with Crippen molar-refractivity contribution < 1.29 is 27.1 Å².